The standard InChI is InChI=1S/C14H17FN4O2S/c1-14(2,3)21-13(20)19-11-7-9(5-6-10(11)15)18-12(22-4)17-8-16/h5-7H,1-4H3,(H,17,18)(H,19,20). The van der Waals surface area contributed by atoms with Crippen LogP contribution in [-0.4, -0.2) is 23.1 Å². The molecule has 0 heterocycles. The van der Waals surface area contributed by atoms with E-state index in [0.29, 0.717) is 10.9 Å². The van der Waals surface area contributed by atoms with Crippen LogP contribution in [0.1, 0.15) is 20.8 Å². The van der Waals surface area contributed by atoms with Crippen LogP contribution in [-0.2, 0) is 4.74 Å². The van der Waals surface area contributed by atoms with Gasteiger partial charge < -0.3 is 4.74 Å². The molecule has 0 unspecified atom stereocenters. The Kier molecular flexibility index (Phi) is 6.19. The molecule has 1 rings (SSSR count). The lowest BCUT2D eigenvalue weighted by atomic mass is 10.2. The molecular weight excluding hydrogens is 307 g/mol. The molecule has 0 radical (unpaired) electrons. The zero-order valence-electron chi connectivity index (χ0n) is 12.7. The lowest BCUT2D eigenvalue weighted by molar-refractivity contribution is 0.0635. The van der Waals surface area contributed by atoms with E-state index >= 15 is 0 Å². The van der Waals surface area contributed by atoms with Crippen molar-refractivity contribution in [1.82, 2.24) is 5.32 Å². The first-order valence-electron chi connectivity index (χ1n) is 6.32. The first kappa shape index (κ1) is 17.8. The molecule has 0 spiro atoms. The number of hydrogen-bond acceptors (Lipinski definition) is 5. The number of nitrogens with zero attached hydrogens (tertiary/aromatic N) is 2. The number of rotatable bonds is 2. The summed E-state index contributed by atoms with van der Waals surface area (Å²) < 4.78 is 18.8. The van der Waals surface area contributed by atoms with Crippen LogP contribution < -0.4 is 10.6 Å². The van der Waals surface area contributed by atoms with E-state index in [9.17, 15) is 9.18 Å². The van der Waals surface area contributed by atoms with Crippen molar-refractivity contribution in [3.8, 4) is 6.19 Å². The third-order valence-electron chi connectivity index (χ3n) is 2.17. The number of carbonyl (C=O) groups is 1. The third-order valence-corrected chi connectivity index (χ3v) is 2.75. The fraction of sp³-hybridized carbons (Fsp3) is 0.357. The fourth-order valence-electron chi connectivity index (χ4n) is 1.38. The monoisotopic (exact) mass is 324 g/mol. The van der Waals surface area contributed by atoms with Crippen LogP contribution in [0.25, 0.3) is 0 Å². The molecule has 0 fully saturated rings. The van der Waals surface area contributed by atoms with Crippen LogP contribution >= 0.6 is 11.8 Å². The number of aliphatic imine (C=N–C) groups is 1. The third kappa shape index (κ3) is 6.01. The fourth-order valence-corrected chi connectivity index (χ4v) is 1.73. The molecule has 1 aromatic carbocycles. The van der Waals surface area contributed by atoms with E-state index in [1.54, 1.807) is 33.2 Å². The smallest absolute Gasteiger partial charge is 0.412 e. The number of amides is 1. The van der Waals surface area contributed by atoms with E-state index in [0.717, 1.165) is 0 Å². The van der Waals surface area contributed by atoms with Gasteiger partial charge in [-0.3, -0.25) is 10.6 Å². The molecule has 0 aliphatic carbocycles. The minimum Gasteiger partial charge on any atom is -0.444 e. The minimum atomic E-state index is -0.757. The van der Waals surface area contributed by atoms with E-state index in [1.807, 2.05) is 0 Å². The number of anilines is 1. The average Bonchev–Trinajstić information content (AvgIpc) is 2.39. The number of benzene rings is 1. The number of thioether (sulfide) groups is 1. The Bertz CT molecular complexity index is 620. The molecule has 0 bridgehead atoms. The zero-order chi connectivity index (χ0) is 16.8. The van der Waals surface area contributed by atoms with Gasteiger partial charge >= 0.3 is 6.09 Å². The molecule has 0 aliphatic rings. The lowest BCUT2D eigenvalue weighted by Gasteiger charge is -2.19. The molecular formula is C14H17FN4O2S. The Hall–Kier alpha value is -2.27. The van der Waals surface area contributed by atoms with Crippen LogP contribution in [0.5, 0.6) is 0 Å². The number of amidine groups is 1. The highest BCUT2D eigenvalue weighted by atomic mass is 32.2. The molecule has 2 N–H and O–H groups in total. The summed E-state index contributed by atoms with van der Waals surface area (Å²) >= 11 is 1.23. The maximum absolute atomic E-state index is 13.7. The first-order valence-corrected chi connectivity index (χ1v) is 7.55. The summed E-state index contributed by atoms with van der Waals surface area (Å²) in [5.41, 5.74) is -0.341. The molecule has 0 aliphatic heterocycles. The predicted molar refractivity (Wildman–Crippen MR) is 85.6 cm³/mol. The summed E-state index contributed by atoms with van der Waals surface area (Å²) in [4.78, 5) is 15.8. The molecule has 22 heavy (non-hydrogen) atoms. The lowest BCUT2D eigenvalue weighted by Crippen LogP contribution is -2.27. The Morgan fingerprint density at radius 1 is 1.45 bits per heavy atom. The molecule has 6 nitrogen and oxygen atoms in total. The molecule has 8 heteroatoms. The minimum absolute atomic E-state index is 0.0482. The number of carbonyl (C=O) groups excluding carboxylic acids is 1. The number of hydrogen-bond donors (Lipinski definition) is 2. The normalized spacial score (nSPS) is 11.5. The molecule has 0 aromatic heterocycles. The second kappa shape index (κ2) is 7.66. The summed E-state index contributed by atoms with van der Waals surface area (Å²) in [7, 11) is 0. The largest absolute Gasteiger partial charge is 0.444 e. The topological polar surface area (TPSA) is 86.5 Å². The van der Waals surface area contributed by atoms with E-state index in [4.69, 9.17) is 10.00 Å². The molecule has 0 saturated carbocycles. The summed E-state index contributed by atoms with van der Waals surface area (Å²) in [6.07, 6.45) is 2.74. The molecule has 0 atom stereocenters. The van der Waals surface area contributed by atoms with Gasteiger partial charge in [0, 0.05) is 0 Å². The van der Waals surface area contributed by atoms with Crippen molar-refractivity contribution < 1.29 is 13.9 Å². The molecule has 1 amide bonds. The Morgan fingerprint density at radius 2 is 2.14 bits per heavy atom. The van der Waals surface area contributed by atoms with Crippen molar-refractivity contribution >= 4 is 34.4 Å². The number of ether oxygens (including phenoxy) is 1. The van der Waals surface area contributed by atoms with Gasteiger partial charge in [0.2, 0.25) is 0 Å². The van der Waals surface area contributed by atoms with Crippen molar-refractivity contribution in [1.29, 1.82) is 5.26 Å². The van der Waals surface area contributed by atoms with Gasteiger partial charge in [0.25, 0.3) is 0 Å². The van der Waals surface area contributed by atoms with Gasteiger partial charge in [-0.15, -0.1) is 0 Å². The van der Waals surface area contributed by atoms with Crippen molar-refractivity contribution in [2.75, 3.05) is 11.6 Å². The van der Waals surface area contributed by atoms with Gasteiger partial charge in [-0.05, 0) is 45.2 Å². The highest BCUT2D eigenvalue weighted by molar-refractivity contribution is 8.13. The SMILES string of the molecule is CSC(=Nc1ccc(F)c(NC(=O)OC(C)(C)C)c1)NC#N. The van der Waals surface area contributed by atoms with Gasteiger partial charge in [-0.25, -0.2) is 14.2 Å². The van der Waals surface area contributed by atoms with Crippen molar-refractivity contribution in [3.05, 3.63) is 24.0 Å². The number of nitrogens with one attached hydrogen (secondary N) is 2. The second-order valence-corrected chi connectivity index (χ2v) is 5.94. The number of nitriles is 1. The molecule has 0 saturated heterocycles. The van der Waals surface area contributed by atoms with E-state index < -0.39 is 17.5 Å². The van der Waals surface area contributed by atoms with Crippen LogP contribution in [0.4, 0.5) is 20.6 Å². The van der Waals surface area contributed by atoms with E-state index in [1.165, 1.54) is 30.0 Å². The number of halogens is 1. The van der Waals surface area contributed by atoms with Crippen LogP contribution in [0.15, 0.2) is 23.2 Å². The van der Waals surface area contributed by atoms with Crippen LogP contribution in [0, 0.1) is 17.3 Å². The van der Waals surface area contributed by atoms with Gasteiger partial charge in [-0.2, -0.15) is 5.26 Å². The maximum atomic E-state index is 13.7. The average molecular weight is 324 g/mol. The van der Waals surface area contributed by atoms with Crippen molar-refractivity contribution in [2.24, 2.45) is 4.99 Å². The van der Waals surface area contributed by atoms with Crippen molar-refractivity contribution in [2.45, 2.75) is 26.4 Å². The molecule has 118 valence electrons. The summed E-state index contributed by atoms with van der Waals surface area (Å²) in [6, 6.07) is 3.97. The summed E-state index contributed by atoms with van der Waals surface area (Å²) in [5.74, 6) is -0.608. The highest BCUT2D eigenvalue weighted by Gasteiger charge is 2.17. The van der Waals surface area contributed by atoms with Crippen LogP contribution in [0.2, 0.25) is 0 Å². The molecule has 1 aromatic rings. The summed E-state index contributed by atoms with van der Waals surface area (Å²) in [5, 5.41) is 13.7. The zero-order valence-corrected chi connectivity index (χ0v) is 13.5. The Labute approximate surface area is 132 Å². The quantitative estimate of drug-likeness (QED) is 0.376. The van der Waals surface area contributed by atoms with Gasteiger partial charge in [0.1, 0.15) is 11.4 Å². The first-order chi connectivity index (χ1) is 10.2. The van der Waals surface area contributed by atoms with Gasteiger partial charge in [-0.1, -0.05) is 11.8 Å². The van der Waals surface area contributed by atoms with Gasteiger partial charge in [0.15, 0.2) is 11.4 Å². The second-order valence-electron chi connectivity index (χ2n) is 5.15. The van der Waals surface area contributed by atoms with Gasteiger partial charge in [0.05, 0.1) is 11.4 Å². The van der Waals surface area contributed by atoms with Crippen LogP contribution in [0.3, 0.4) is 0 Å². The summed E-state index contributed by atoms with van der Waals surface area (Å²) in [6.45, 7) is 5.13. The predicted octanol–water partition coefficient (Wildman–Crippen LogP) is 3.59. The van der Waals surface area contributed by atoms with Crippen molar-refractivity contribution in [3.63, 3.8) is 0 Å². The maximum Gasteiger partial charge on any atom is 0.412 e. The Balaban J connectivity index is 2.96. The Morgan fingerprint density at radius 3 is 2.68 bits per heavy atom. The van der Waals surface area contributed by atoms with E-state index in [2.05, 4.69) is 15.6 Å². The van der Waals surface area contributed by atoms with E-state index in [-0.39, 0.29) is 5.69 Å². The highest BCUT2D eigenvalue weighted by Crippen LogP contribution is 2.23.